The SMILES string of the molecule is N#Cc1ccc(-c2ccc([C@H]3CC[C@H](CCCCCC=CF)CC3)cc2)cc1F. The van der Waals surface area contributed by atoms with Gasteiger partial charge in [0.2, 0.25) is 0 Å². The van der Waals surface area contributed by atoms with Gasteiger partial charge in [0.1, 0.15) is 11.9 Å². The number of rotatable bonds is 8. The van der Waals surface area contributed by atoms with Crippen LogP contribution in [0.4, 0.5) is 8.78 Å². The topological polar surface area (TPSA) is 23.8 Å². The van der Waals surface area contributed by atoms with E-state index in [1.165, 1.54) is 62.6 Å². The van der Waals surface area contributed by atoms with E-state index in [0.717, 1.165) is 29.9 Å². The smallest absolute Gasteiger partial charge is 0.141 e. The van der Waals surface area contributed by atoms with Crippen molar-refractivity contribution in [2.45, 2.75) is 63.7 Å². The predicted octanol–water partition coefficient (Wildman–Crippen LogP) is 8.07. The first-order valence-corrected chi connectivity index (χ1v) is 10.8. The molecule has 0 amide bonds. The average Bonchev–Trinajstić information content (AvgIpc) is 2.77. The van der Waals surface area contributed by atoms with Crippen LogP contribution < -0.4 is 0 Å². The molecular weight excluding hydrogens is 364 g/mol. The number of hydrogen-bond donors (Lipinski definition) is 0. The maximum atomic E-state index is 13.9. The van der Waals surface area contributed by atoms with Gasteiger partial charge in [-0.05, 0) is 79.2 Å². The van der Waals surface area contributed by atoms with E-state index in [1.54, 1.807) is 12.1 Å². The summed E-state index contributed by atoms with van der Waals surface area (Å²) < 4.78 is 25.8. The Morgan fingerprint density at radius 1 is 0.931 bits per heavy atom. The van der Waals surface area contributed by atoms with Crippen molar-refractivity contribution in [1.29, 1.82) is 5.26 Å². The molecular formula is C26H29F2N. The van der Waals surface area contributed by atoms with Crippen LogP contribution in [0.3, 0.4) is 0 Å². The highest BCUT2D eigenvalue weighted by atomic mass is 19.1. The fourth-order valence-corrected chi connectivity index (χ4v) is 4.45. The van der Waals surface area contributed by atoms with Gasteiger partial charge in [-0.25, -0.2) is 8.78 Å². The molecule has 1 aliphatic rings. The molecule has 1 aliphatic carbocycles. The lowest BCUT2D eigenvalue weighted by Crippen LogP contribution is -2.13. The molecule has 2 aromatic rings. The molecule has 0 heterocycles. The first-order valence-electron chi connectivity index (χ1n) is 10.8. The zero-order chi connectivity index (χ0) is 20.5. The summed E-state index contributed by atoms with van der Waals surface area (Å²) in [5.41, 5.74) is 3.24. The first-order chi connectivity index (χ1) is 14.2. The van der Waals surface area contributed by atoms with E-state index in [0.29, 0.717) is 12.2 Å². The highest BCUT2D eigenvalue weighted by Gasteiger charge is 2.22. The molecule has 3 rings (SSSR count). The molecule has 0 spiro atoms. The summed E-state index contributed by atoms with van der Waals surface area (Å²) in [4.78, 5) is 0. The van der Waals surface area contributed by atoms with Gasteiger partial charge in [-0.1, -0.05) is 55.7 Å². The third kappa shape index (κ3) is 6.00. The van der Waals surface area contributed by atoms with Crippen LogP contribution >= 0.6 is 0 Å². The summed E-state index contributed by atoms with van der Waals surface area (Å²) in [7, 11) is 0. The molecule has 2 aromatic carbocycles. The number of allylic oxidation sites excluding steroid dienone is 1. The van der Waals surface area contributed by atoms with E-state index >= 15 is 0 Å². The second kappa shape index (κ2) is 10.9. The monoisotopic (exact) mass is 393 g/mol. The van der Waals surface area contributed by atoms with Crippen LogP contribution in [0.2, 0.25) is 0 Å². The molecule has 0 atom stereocenters. The third-order valence-electron chi connectivity index (χ3n) is 6.22. The summed E-state index contributed by atoms with van der Waals surface area (Å²) in [6.45, 7) is 0. The molecule has 29 heavy (non-hydrogen) atoms. The molecule has 152 valence electrons. The molecule has 1 fully saturated rings. The summed E-state index contributed by atoms with van der Waals surface area (Å²) in [5.74, 6) is 0.989. The number of halogens is 2. The molecule has 0 aromatic heterocycles. The van der Waals surface area contributed by atoms with Crippen molar-refractivity contribution in [3.8, 4) is 17.2 Å². The van der Waals surface area contributed by atoms with Gasteiger partial charge in [-0.15, -0.1) is 0 Å². The second-order valence-corrected chi connectivity index (χ2v) is 8.15. The quantitative estimate of drug-likeness (QED) is 0.416. The van der Waals surface area contributed by atoms with Gasteiger partial charge in [-0.3, -0.25) is 0 Å². The Morgan fingerprint density at radius 3 is 2.31 bits per heavy atom. The molecule has 0 bridgehead atoms. The highest BCUT2D eigenvalue weighted by Crippen LogP contribution is 2.38. The normalized spacial score (nSPS) is 19.3. The molecule has 1 saturated carbocycles. The summed E-state index contributed by atoms with van der Waals surface area (Å²) in [6, 6.07) is 15.1. The lowest BCUT2D eigenvalue weighted by Gasteiger charge is -2.29. The van der Waals surface area contributed by atoms with Crippen LogP contribution in [-0.2, 0) is 0 Å². The molecule has 3 heteroatoms. The van der Waals surface area contributed by atoms with Crippen molar-refractivity contribution in [3.05, 3.63) is 71.8 Å². The lowest BCUT2D eigenvalue weighted by molar-refractivity contribution is 0.302. The second-order valence-electron chi connectivity index (χ2n) is 8.15. The minimum Gasteiger partial charge on any atom is -0.216 e. The van der Waals surface area contributed by atoms with E-state index in [4.69, 9.17) is 5.26 Å². The predicted molar refractivity (Wildman–Crippen MR) is 115 cm³/mol. The first kappa shape index (κ1) is 21.2. The van der Waals surface area contributed by atoms with Crippen molar-refractivity contribution in [1.82, 2.24) is 0 Å². The van der Waals surface area contributed by atoms with E-state index in [2.05, 4.69) is 24.3 Å². The Labute approximate surface area is 173 Å². The maximum absolute atomic E-state index is 13.9. The standard InChI is InChI=1S/C26H29F2N/c27-17-5-3-1-2-4-6-20-7-9-21(10-8-20)22-11-13-23(14-12-22)24-15-16-25(19-29)26(28)18-24/h5,11-18,20-21H,1-4,6-10H2/t20-,21-. The van der Waals surface area contributed by atoms with Crippen molar-refractivity contribution < 1.29 is 8.78 Å². The zero-order valence-electron chi connectivity index (χ0n) is 16.9. The van der Waals surface area contributed by atoms with E-state index in [1.807, 2.05) is 6.07 Å². The van der Waals surface area contributed by atoms with E-state index < -0.39 is 5.82 Å². The van der Waals surface area contributed by atoms with Gasteiger partial charge in [0.05, 0.1) is 11.9 Å². The molecule has 1 nitrogen and oxygen atoms in total. The Balaban J connectivity index is 1.48. The van der Waals surface area contributed by atoms with Crippen LogP contribution in [0.1, 0.15) is 74.8 Å². The molecule has 0 N–H and O–H groups in total. The fraction of sp³-hybridized carbons (Fsp3) is 0.423. The van der Waals surface area contributed by atoms with Gasteiger partial charge in [0, 0.05) is 0 Å². The Morgan fingerprint density at radius 2 is 1.66 bits per heavy atom. The van der Waals surface area contributed by atoms with Crippen LogP contribution in [0.5, 0.6) is 0 Å². The van der Waals surface area contributed by atoms with Crippen LogP contribution in [0.25, 0.3) is 11.1 Å². The summed E-state index contributed by atoms with van der Waals surface area (Å²) >= 11 is 0. The number of unbranched alkanes of at least 4 members (excludes halogenated alkanes) is 3. The fourth-order valence-electron chi connectivity index (χ4n) is 4.45. The van der Waals surface area contributed by atoms with Gasteiger partial charge < -0.3 is 0 Å². The zero-order valence-corrected chi connectivity index (χ0v) is 16.9. The third-order valence-corrected chi connectivity index (χ3v) is 6.22. The summed E-state index contributed by atoms with van der Waals surface area (Å²) in [6.07, 6.45) is 13.0. The number of nitrogens with zero attached hydrogens (tertiary/aromatic N) is 1. The van der Waals surface area contributed by atoms with E-state index in [-0.39, 0.29) is 5.56 Å². The number of hydrogen-bond acceptors (Lipinski definition) is 1. The van der Waals surface area contributed by atoms with Crippen molar-refractivity contribution in [2.75, 3.05) is 0 Å². The molecule has 0 aliphatic heterocycles. The van der Waals surface area contributed by atoms with Gasteiger partial charge in [0.15, 0.2) is 0 Å². The van der Waals surface area contributed by atoms with Gasteiger partial charge in [-0.2, -0.15) is 5.26 Å². The Kier molecular flexibility index (Phi) is 7.99. The van der Waals surface area contributed by atoms with Crippen molar-refractivity contribution in [2.24, 2.45) is 5.92 Å². The van der Waals surface area contributed by atoms with Crippen LogP contribution in [0.15, 0.2) is 54.9 Å². The average molecular weight is 394 g/mol. The largest absolute Gasteiger partial charge is 0.216 e. The molecule has 0 radical (unpaired) electrons. The van der Waals surface area contributed by atoms with Crippen LogP contribution in [-0.4, -0.2) is 0 Å². The van der Waals surface area contributed by atoms with E-state index in [9.17, 15) is 8.78 Å². The van der Waals surface area contributed by atoms with Gasteiger partial charge in [0.25, 0.3) is 0 Å². The number of benzene rings is 2. The highest BCUT2D eigenvalue weighted by molar-refractivity contribution is 5.64. The molecule has 0 saturated heterocycles. The van der Waals surface area contributed by atoms with Crippen LogP contribution in [0, 0.1) is 23.1 Å². The Hall–Kier alpha value is -2.47. The van der Waals surface area contributed by atoms with Gasteiger partial charge >= 0.3 is 0 Å². The lowest BCUT2D eigenvalue weighted by atomic mass is 9.77. The minimum absolute atomic E-state index is 0.0822. The minimum atomic E-state index is -0.466. The maximum Gasteiger partial charge on any atom is 0.141 e. The Bertz CT molecular complexity index is 840. The number of nitriles is 1. The molecule has 0 unspecified atom stereocenters. The van der Waals surface area contributed by atoms with Crippen molar-refractivity contribution in [3.63, 3.8) is 0 Å². The summed E-state index contributed by atoms with van der Waals surface area (Å²) in [5, 5.41) is 8.87. The van der Waals surface area contributed by atoms with Crippen molar-refractivity contribution >= 4 is 0 Å².